The van der Waals surface area contributed by atoms with Crippen molar-refractivity contribution in [2.24, 2.45) is 11.1 Å². The molecule has 0 fully saturated rings. The lowest BCUT2D eigenvalue weighted by Crippen LogP contribution is -2.39. The molecule has 1 amide bonds. The molecule has 0 radical (unpaired) electrons. The maximum absolute atomic E-state index is 12.7. The molecule has 0 unspecified atom stereocenters. The number of methoxy groups -OCH3 is 1. The van der Waals surface area contributed by atoms with Gasteiger partial charge < -0.3 is 20.1 Å². The smallest absolute Gasteiger partial charge is 0.257 e. The molecule has 0 aromatic heterocycles. The van der Waals surface area contributed by atoms with Crippen molar-refractivity contribution in [3.8, 4) is 5.75 Å². The van der Waals surface area contributed by atoms with Crippen LogP contribution in [0.25, 0.3) is 0 Å². The van der Waals surface area contributed by atoms with E-state index in [4.69, 9.17) is 26.8 Å². The van der Waals surface area contributed by atoms with Crippen molar-refractivity contribution in [3.05, 3.63) is 28.8 Å². The second-order valence-electron chi connectivity index (χ2n) is 6.01. The highest BCUT2D eigenvalue weighted by Gasteiger charge is 2.24. The van der Waals surface area contributed by atoms with Gasteiger partial charge in [-0.3, -0.25) is 4.79 Å². The second kappa shape index (κ2) is 8.36. The van der Waals surface area contributed by atoms with E-state index in [-0.39, 0.29) is 11.3 Å². The zero-order valence-corrected chi connectivity index (χ0v) is 14.4. The Hall–Kier alpha value is -1.30. The van der Waals surface area contributed by atoms with Gasteiger partial charge in [0.05, 0.1) is 12.2 Å². The molecule has 2 N–H and O–H groups in total. The van der Waals surface area contributed by atoms with Crippen LogP contribution in [-0.4, -0.2) is 51.3 Å². The van der Waals surface area contributed by atoms with Gasteiger partial charge in [-0.1, -0.05) is 25.4 Å². The number of carbonyl (C=O) groups excluding carboxylic acids is 1. The van der Waals surface area contributed by atoms with Gasteiger partial charge in [-0.15, -0.1) is 0 Å². The van der Waals surface area contributed by atoms with E-state index in [1.165, 1.54) is 0 Å². The van der Waals surface area contributed by atoms with Gasteiger partial charge in [-0.05, 0) is 30.2 Å². The Morgan fingerprint density at radius 1 is 1.36 bits per heavy atom. The number of hydrogen-bond donors (Lipinski definition) is 1. The van der Waals surface area contributed by atoms with Crippen LogP contribution in [0.15, 0.2) is 18.2 Å². The van der Waals surface area contributed by atoms with E-state index in [9.17, 15) is 4.79 Å². The largest absolute Gasteiger partial charge is 0.490 e. The molecular formula is C16H25ClN2O3. The Labute approximate surface area is 137 Å². The van der Waals surface area contributed by atoms with Gasteiger partial charge in [0.1, 0.15) is 12.4 Å². The van der Waals surface area contributed by atoms with Gasteiger partial charge in [-0.2, -0.15) is 0 Å². The van der Waals surface area contributed by atoms with E-state index in [0.717, 1.165) is 0 Å². The molecule has 0 saturated carbocycles. The van der Waals surface area contributed by atoms with Crippen LogP contribution in [0.1, 0.15) is 24.2 Å². The number of amides is 1. The van der Waals surface area contributed by atoms with Crippen molar-refractivity contribution < 1.29 is 14.3 Å². The van der Waals surface area contributed by atoms with Gasteiger partial charge in [-0.25, -0.2) is 0 Å². The molecule has 0 spiro atoms. The van der Waals surface area contributed by atoms with Gasteiger partial charge >= 0.3 is 0 Å². The molecule has 5 nitrogen and oxygen atoms in total. The lowest BCUT2D eigenvalue weighted by Gasteiger charge is -2.29. The first-order chi connectivity index (χ1) is 10.3. The Balaban J connectivity index is 2.92. The average Bonchev–Trinajstić information content (AvgIpc) is 2.47. The number of benzene rings is 1. The quantitative estimate of drug-likeness (QED) is 0.744. The molecule has 22 heavy (non-hydrogen) atoms. The number of rotatable bonds is 8. The molecular weight excluding hydrogens is 304 g/mol. The third kappa shape index (κ3) is 5.48. The van der Waals surface area contributed by atoms with Crippen LogP contribution < -0.4 is 10.5 Å². The highest BCUT2D eigenvalue weighted by atomic mass is 35.5. The third-order valence-corrected chi connectivity index (χ3v) is 3.52. The average molecular weight is 329 g/mol. The summed E-state index contributed by atoms with van der Waals surface area (Å²) in [4.78, 5) is 14.3. The summed E-state index contributed by atoms with van der Waals surface area (Å²) in [5.74, 6) is 0.361. The summed E-state index contributed by atoms with van der Waals surface area (Å²) in [6.45, 7) is 5.90. The molecule has 6 heteroatoms. The first-order valence-electron chi connectivity index (χ1n) is 7.17. The van der Waals surface area contributed by atoms with E-state index in [1.54, 1.807) is 37.3 Å². The summed E-state index contributed by atoms with van der Waals surface area (Å²) in [5.41, 5.74) is 6.02. The van der Waals surface area contributed by atoms with Crippen molar-refractivity contribution in [2.45, 2.75) is 13.8 Å². The standard InChI is InChI=1S/C16H25ClN2O3/c1-16(2,10-18)11-19(3)15(20)13-9-12(17)5-6-14(13)22-8-7-21-4/h5-6,9H,7-8,10-11,18H2,1-4H3. The number of hydrogen-bond acceptors (Lipinski definition) is 4. The van der Waals surface area contributed by atoms with Crippen LogP contribution in [0.2, 0.25) is 5.02 Å². The van der Waals surface area contributed by atoms with Crippen molar-refractivity contribution in [1.82, 2.24) is 4.90 Å². The van der Waals surface area contributed by atoms with E-state index >= 15 is 0 Å². The maximum atomic E-state index is 12.7. The van der Waals surface area contributed by atoms with Crippen LogP contribution in [0.3, 0.4) is 0 Å². The molecule has 0 aliphatic carbocycles. The summed E-state index contributed by atoms with van der Waals surface area (Å²) < 4.78 is 10.6. The van der Waals surface area contributed by atoms with E-state index < -0.39 is 0 Å². The summed E-state index contributed by atoms with van der Waals surface area (Å²) >= 11 is 6.02. The minimum Gasteiger partial charge on any atom is -0.490 e. The predicted octanol–water partition coefficient (Wildman–Crippen LogP) is 2.42. The molecule has 1 aromatic carbocycles. The number of ether oxygens (including phenoxy) is 2. The molecule has 1 rings (SSSR count). The van der Waals surface area contributed by atoms with Gasteiger partial charge in [0, 0.05) is 25.7 Å². The number of carbonyl (C=O) groups is 1. The van der Waals surface area contributed by atoms with E-state index in [0.29, 0.717) is 42.6 Å². The molecule has 0 saturated heterocycles. The van der Waals surface area contributed by atoms with E-state index in [1.807, 2.05) is 13.8 Å². The van der Waals surface area contributed by atoms with Crippen LogP contribution in [0, 0.1) is 5.41 Å². The molecule has 0 bridgehead atoms. The molecule has 1 aromatic rings. The Kier molecular flexibility index (Phi) is 7.13. The summed E-state index contributed by atoms with van der Waals surface area (Å²) in [7, 11) is 3.35. The van der Waals surface area contributed by atoms with E-state index in [2.05, 4.69) is 0 Å². The first-order valence-corrected chi connectivity index (χ1v) is 7.55. The Bertz CT molecular complexity index is 506. The second-order valence-corrected chi connectivity index (χ2v) is 6.45. The maximum Gasteiger partial charge on any atom is 0.257 e. The number of nitrogens with two attached hydrogens (primary N) is 1. The number of nitrogens with zero attached hydrogens (tertiary/aromatic N) is 1. The molecule has 124 valence electrons. The van der Waals surface area contributed by atoms with Crippen LogP contribution >= 0.6 is 11.6 Å². The van der Waals surface area contributed by atoms with Crippen molar-refractivity contribution in [2.75, 3.05) is 40.5 Å². The van der Waals surface area contributed by atoms with Crippen LogP contribution in [-0.2, 0) is 4.74 Å². The van der Waals surface area contributed by atoms with Crippen molar-refractivity contribution in [3.63, 3.8) is 0 Å². The summed E-state index contributed by atoms with van der Waals surface area (Å²) in [6.07, 6.45) is 0. The zero-order valence-electron chi connectivity index (χ0n) is 13.7. The third-order valence-electron chi connectivity index (χ3n) is 3.28. The lowest BCUT2D eigenvalue weighted by atomic mass is 9.93. The monoisotopic (exact) mass is 328 g/mol. The molecule has 0 heterocycles. The SMILES string of the molecule is COCCOc1ccc(Cl)cc1C(=O)N(C)CC(C)(C)CN. The normalized spacial score (nSPS) is 11.4. The fourth-order valence-electron chi connectivity index (χ4n) is 2.01. The highest BCUT2D eigenvalue weighted by molar-refractivity contribution is 6.31. The van der Waals surface area contributed by atoms with Gasteiger partial charge in [0.15, 0.2) is 0 Å². The summed E-state index contributed by atoms with van der Waals surface area (Å²) in [5, 5.41) is 0.494. The van der Waals surface area contributed by atoms with Crippen molar-refractivity contribution >= 4 is 17.5 Å². The van der Waals surface area contributed by atoms with Crippen LogP contribution in [0.5, 0.6) is 5.75 Å². The fraction of sp³-hybridized carbons (Fsp3) is 0.562. The lowest BCUT2D eigenvalue weighted by molar-refractivity contribution is 0.0733. The summed E-state index contributed by atoms with van der Waals surface area (Å²) in [6, 6.07) is 5.02. The highest BCUT2D eigenvalue weighted by Crippen LogP contribution is 2.25. The molecule has 0 aliphatic heterocycles. The van der Waals surface area contributed by atoms with Crippen LogP contribution in [0.4, 0.5) is 0 Å². The molecule has 0 aliphatic rings. The minimum atomic E-state index is -0.153. The number of halogens is 1. The predicted molar refractivity (Wildman–Crippen MR) is 88.6 cm³/mol. The topological polar surface area (TPSA) is 64.8 Å². The Morgan fingerprint density at radius 2 is 2.05 bits per heavy atom. The fourth-order valence-corrected chi connectivity index (χ4v) is 2.19. The minimum absolute atomic E-state index is 0.142. The first kappa shape index (κ1) is 18.7. The van der Waals surface area contributed by atoms with Gasteiger partial charge in [0.25, 0.3) is 5.91 Å². The Morgan fingerprint density at radius 3 is 2.64 bits per heavy atom. The molecule has 0 atom stereocenters. The van der Waals surface area contributed by atoms with Gasteiger partial charge in [0.2, 0.25) is 0 Å². The zero-order chi connectivity index (χ0) is 16.8. The van der Waals surface area contributed by atoms with Crippen molar-refractivity contribution in [1.29, 1.82) is 0 Å².